The van der Waals surface area contributed by atoms with Crippen LogP contribution >= 0.6 is 0 Å². The lowest BCUT2D eigenvalue weighted by atomic mass is 9.69. The Morgan fingerprint density at radius 3 is 2.53 bits per heavy atom. The number of rotatable bonds is 1. The fraction of sp³-hybridized carbons (Fsp3) is 0.800. The Labute approximate surface area is 106 Å². The van der Waals surface area contributed by atoms with Gasteiger partial charge in [0.25, 0.3) is 0 Å². The quantitative estimate of drug-likeness (QED) is 0.675. The Bertz CT molecular complexity index is 356. The molecule has 3 unspecified atom stereocenters. The molecule has 0 bridgehead atoms. The van der Waals surface area contributed by atoms with Crippen LogP contribution in [0.2, 0.25) is 0 Å². The summed E-state index contributed by atoms with van der Waals surface area (Å²) in [4.78, 5) is 7.39. The van der Waals surface area contributed by atoms with E-state index in [0.717, 1.165) is 17.3 Å². The molecule has 2 heteroatoms. The SMILES string of the molecule is C=C1C(C)=NC2(CC(C)CCC2C(C)C)N1C. The molecule has 3 atom stereocenters. The van der Waals surface area contributed by atoms with Crippen LogP contribution in [0.5, 0.6) is 0 Å². The zero-order chi connectivity index (χ0) is 12.8. The van der Waals surface area contributed by atoms with Gasteiger partial charge >= 0.3 is 0 Å². The van der Waals surface area contributed by atoms with E-state index >= 15 is 0 Å². The lowest BCUT2D eigenvalue weighted by Gasteiger charge is -2.48. The molecule has 0 aromatic heterocycles. The number of hydrogen-bond donors (Lipinski definition) is 0. The van der Waals surface area contributed by atoms with E-state index in [9.17, 15) is 0 Å². The van der Waals surface area contributed by atoms with Gasteiger partial charge in [-0.05, 0) is 31.6 Å². The van der Waals surface area contributed by atoms with Crippen LogP contribution in [-0.2, 0) is 0 Å². The summed E-state index contributed by atoms with van der Waals surface area (Å²) < 4.78 is 0. The van der Waals surface area contributed by atoms with Crippen LogP contribution in [0, 0.1) is 17.8 Å². The first kappa shape index (κ1) is 12.7. The van der Waals surface area contributed by atoms with Crippen molar-refractivity contribution in [2.24, 2.45) is 22.7 Å². The molecule has 1 spiro atoms. The summed E-state index contributed by atoms with van der Waals surface area (Å²) >= 11 is 0. The molecule has 0 N–H and O–H groups in total. The molecule has 1 saturated carbocycles. The van der Waals surface area contributed by atoms with Gasteiger partial charge in [-0.15, -0.1) is 0 Å². The maximum atomic E-state index is 5.04. The van der Waals surface area contributed by atoms with Gasteiger partial charge in [-0.3, -0.25) is 4.99 Å². The van der Waals surface area contributed by atoms with Gasteiger partial charge in [0.1, 0.15) is 5.66 Å². The van der Waals surface area contributed by atoms with Crippen LogP contribution in [-0.4, -0.2) is 23.3 Å². The van der Waals surface area contributed by atoms with Crippen molar-refractivity contribution in [3.63, 3.8) is 0 Å². The van der Waals surface area contributed by atoms with Crippen LogP contribution < -0.4 is 0 Å². The molecule has 1 fully saturated rings. The van der Waals surface area contributed by atoms with E-state index in [4.69, 9.17) is 4.99 Å². The Kier molecular flexibility index (Phi) is 3.09. The molecule has 0 aromatic rings. The van der Waals surface area contributed by atoms with Crippen molar-refractivity contribution in [3.05, 3.63) is 12.3 Å². The first-order valence-corrected chi connectivity index (χ1v) is 6.88. The number of aliphatic imine (C=N–C) groups is 1. The zero-order valence-electron chi connectivity index (χ0n) is 12.0. The maximum absolute atomic E-state index is 5.04. The topological polar surface area (TPSA) is 15.6 Å². The maximum Gasteiger partial charge on any atom is 0.135 e. The van der Waals surface area contributed by atoms with Crippen molar-refractivity contribution in [1.82, 2.24) is 4.90 Å². The van der Waals surface area contributed by atoms with E-state index in [1.54, 1.807) is 0 Å². The van der Waals surface area contributed by atoms with E-state index in [0.29, 0.717) is 11.8 Å². The Morgan fingerprint density at radius 1 is 1.41 bits per heavy atom. The van der Waals surface area contributed by atoms with Gasteiger partial charge in [0.15, 0.2) is 0 Å². The second-order valence-electron chi connectivity index (χ2n) is 6.32. The van der Waals surface area contributed by atoms with E-state index in [1.807, 2.05) is 0 Å². The second kappa shape index (κ2) is 4.15. The third-order valence-electron chi connectivity index (χ3n) is 4.78. The van der Waals surface area contributed by atoms with Crippen LogP contribution in [0.25, 0.3) is 0 Å². The fourth-order valence-corrected chi connectivity index (χ4v) is 3.75. The van der Waals surface area contributed by atoms with E-state index in [2.05, 4.69) is 46.2 Å². The normalized spacial score (nSPS) is 38.1. The highest BCUT2D eigenvalue weighted by atomic mass is 15.3. The second-order valence-corrected chi connectivity index (χ2v) is 6.32. The summed E-state index contributed by atoms with van der Waals surface area (Å²) in [5.74, 6) is 2.13. The Hall–Kier alpha value is -0.790. The number of allylic oxidation sites excluding steroid dienone is 1. The van der Waals surface area contributed by atoms with Gasteiger partial charge in [-0.1, -0.05) is 33.8 Å². The highest BCUT2D eigenvalue weighted by Crippen LogP contribution is 2.48. The summed E-state index contributed by atoms with van der Waals surface area (Å²) in [5, 5.41) is 0. The van der Waals surface area contributed by atoms with Crippen LogP contribution in [0.15, 0.2) is 17.3 Å². The average molecular weight is 234 g/mol. The summed E-state index contributed by atoms with van der Waals surface area (Å²) in [5.41, 5.74) is 2.25. The molecule has 0 aromatic carbocycles. The molecule has 17 heavy (non-hydrogen) atoms. The molecule has 2 nitrogen and oxygen atoms in total. The van der Waals surface area contributed by atoms with E-state index in [-0.39, 0.29) is 5.66 Å². The zero-order valence-corrected chi connectivity index (χ0v) is 12.0. The summed E-state index contributed by atoms with van der Waals surface area (Å²) in [6.45, 7) is 13.3. The molecule has 0 saturated heterocycles. The van der Waals surface area contributed by atoms with Crippen LogP contribution in [0.3, 0.4) is 0 Å². The lowest BCUT2D eigenvalue weighted by Crippen LogP contribution is -2.52. The molecule has 0 radical (unpaired) electrons. The van der Waals surface area contributed by atoms with Crippen molar-refractivity contribution < 1.29 is 0 Å². The van der Waals surface area contributed by atoms with Crippen molar-refractivity contribution in [3.8, 4) is 0 Å². The van der Waals surface area contributed by atoms with Crippen LogP contribution in [0.1, 0.15) is 47.0 Å². The van der Waals surface area contributed by atoms with Gasteiger partial charge in [-0.2, -0.15) is 0 Å². The monoisotopic (exact) mass is 234 g/mol. The molecule has 1 heterocycles. The average Bonchev–Trinajstić information content (AvgIpc) is 2.43. The molecule has 1 aliphatic heterocycles. The largest absolute Gasteiger partial charge is 0.349 e. The molecule has 2 rings (SSSR count). The Balaban J connectivity index is 2.40. The summed E-state index contributed by atoms with van der Waals surface area (Å²) in [7, 11) is 2.18. The predicted molar refractivity (Wildman–Crippen MR) is 74.1 cm³/mol. The van der Waals surface area contributed by atoms with Gasteiger partial charge in [0, 0.05) is 13.0 Å². The number of hydrogen-bond acceptors (Lipinski definition) is 2. The van der Waals surface area contributed by atoms with Gasteiger partial charge < -0.3 is 4.90 Å². The molecular weight excluding hydrogens is 208 g/mol. The van der Waals surface area contributed by atoms with Crippen molar-refractivity contribution in [1.29, 1.82) is 0 Å². The minimum Gasteiger partial charge on any atom is -0.349 e. The van der Waals surface area contributed by atoms with Gasteiger partial charge in [-0.25, -0.2) is 0 Å². The van der Waals surface area contributed by atoms with Crippen molar-refractivity contribution in [2.75, 3.05) is 7.05 Å². The lowest BCUT2D eigenvalue weighted by molar-refractivity contribution is 0.0185. The van der Waals surface area contributed by atoms with Crippen molar-refractivity contribution in [2.45, 2.75) is 52.6 Å². The molecule has 2 aliphatic rings. The smallest absolute Gasteiger partial charge is 0.135 e. The fourth-order valence-electron chi connectivity index (χ4n) is 3.75. The van der Waals surface area contributed by atoms with E-state index in [1.165, 1.54) is 19.3 Å². The molecule has 96 valence electrons. The molecule has 1 aliphatic carbocycles. The molecular formula is C15H26N2. The molecule has 0 amide bonds. The first-order chi connectivity index (χ1) is 7.88. The third kappa shape index (κ3) is 1.82. The van der Waals surface area contributed by atoms with Gasteiger partial charge in [0.2, 0.25) is 0 Å². The highest BCUT2D eigenvalue weighted by Gasteiger charge is 2.50. The van der Waals surface area contributed by atoms with E-state index < -0.39 is 0 Å². The first-order valence-electron chi connectivity index (χ1n) is 6.88. The van der Waals surface area contributed by atoms with Gasteiger partial charge in [0.05, 0.1) is 11.4 Å². The highest BCUT2D eigenvalue weighted by molar-refractivity contribution is 5.99. The third-order valence-corrected chi connectivity index (χ3v) is 4.78. The Morgan fingerprint density at radius 2 is 2.06 bits per heavy atom. The standard InChI is InChI=1S/C15H26N2/c1-10(2)14-8-7-11(3)9-15(14)16-12(4)13(5)17(15)6/h10-11,14H,5,7-9H2,1-4,6H3. The minimum atomic E-state index is 0.00694. The predicted octanol–water partition coefficient (Wildman–Crippen LogP) is 3.69. The van der Waals surface area contributed by atoms with Crippen molar-refractivity contribution >= 4 is 5.71 Å². The number of nitrogens with zero attached hydrogens (tertiary/aromatic N) is 2. The summed E-state index contributed by atoms with van der Waals surface area (Å²) in [6, 6.07) is 0. The van der Waals surface area contributed by atoms with Crippen LogP contribution in [0.4, 0.5) is 0 Å². The summed E-state index contributed by atoms with van der Waals surface area (Å²) in [6.07, 6.45) is 3.83. The minimum absolute atomic E-state index is 0.00694.